The third-order valence-corrected chi connectivity index (χ3v) is 4.05. The normalized spacial score (nSPS) is 13.1. The first-order valence-electron chi connectivity index (χ1n) is 5.14. The van der Waals surface area contributed by atoms with Crippen LogP contribution in [0.4, 0.5) is 0 Å². The summed E-state index contributed by atoms with van der Waals surface area (Å²) < 4.78 is 26.5. The summed E-state index contributed by atoms with van der Waals surface area (Å²) in [6, 6.07) is 6.13. The molecule has 0 fully saturated rings. The number of hydrogen-bond donors (Lipinski definition) is 2. The molecule has 0 saturated carbocycles. The van der Waals surface area contributed by atoms with Gasteiger partial charge in [-0.15, -0.1) is 0 Å². The third-order valence-electron chi connectivity index (χ3n) is 2.32. The number of nitrogens with one attached hydrogen (secondary N) is 1. The lowest BCUT2D eigenvalue weighted by Crippen LogP contribution is -2.38. The summed E-state index contributed by atoms with van der Waals surface area (Å²) in [6.45, 7) is 3.58. The van der Waals surface area contributed by atoms with Crippen molar-refractivity contribution in [1.29, 1.82) is 5.26 Å². The smallest absolute Gasteiger partial charge is 0.241 e. The molecule has 0 amide bonds. The predicted octanol–water partition coefficient (Wildman–Crippen LogP) is 0.492. The van der Waals surface area contributed by atoms with E-state index in [-0.39, 0.29) is 17.5 Å². The molecule has 0 aromatic heterocycles. The molecule has 0 aliphatic rings. The van der Waals surface area contributed by atoms with E-state index < -0.39 is 10.0 Å². The highest BCUT2D eigenvalue weighted by molar-refractivity contribution is 7.89. The summed E-state index contributed by atoms with van der Waals surface area (Å²) in [7, 11) is -3.62. The van der Waals surface area contributed by atoms with E-state index in [0.717, 1.165) is 0 Å². The first-order valence-corrected chi connectivity index (χ1v) is 6.62. The van der Waals surface area contributed by atoms with E-state index in [0.29, 0.717) is 11.1 Å². The Balaban J connectivity index is 3.19. The highest BCUT2D eigenvalue weighted by atomic mass is 32.2. The molecule has 92 valence electrons. The zero-order valence-electron chi connectivity index (χ0n) is 9.77. The van der Waals surface area contributed by atoms with Crippen LogP contribution < -0.4 is 10.5 Å². The van der Waals surface area contributed by atoms with Gasteiger partial charge in [-0.3, -0.25) is 0 Å². The molecule has 1 rings (SSSR count). The molecule has 0 bridgehead atoms. The number of benzene rings is 1. The fourth-order valence-corrected chi connectivity index (χ4v) is 2.86. The monoisotopic (exact) mass is 253 g/mol. The number of aryl methyl sites for hydroxylation is 1. The van der Waals surface area contributed by atoms with E-state index >= 15 is 0 Å². The Bertz CT molecular complexity index is 546. The van der Waals surface area contributed by atoms with Gasteiger partial charge in [0.25, 0.3) is 0 Å². The number of hydrogen-bond acceptors (Lipinski definition) is 4. The molecule has 6 heteroatoms. The van der Waals surface area contributed by atoms with E-state index in [1.807, 2.05) is 6.07 Å². The standard InChI is InChI=1S/C11H15N3O2S/c1-8-3-4-10(7-13)5-11(8)17(15,16)14-9(2)6-12/h3-5,9,14H,6,12H2,1-2H3/t9-/m0/s1. The van der Waals surface area contributed by atoms with Gasteiger partial charge >= 0.3 is 0 Å². The van der Waals surface area contributed by atoms with Gasteiger partial charge in [-0.1, -0.05) is 6.07 Å². The maximum Gasteiger partial charge on any atom is 0.241 e. The molecule has 0 unspecified atom stereocenters. The van der Waals surface area contributed by atoms with Crippen molar-refractivity contribution in [3.8, 4) is 6.07 Å². The van der Waals surface area contributed by atoms with Crippen molar-refractivity contribution in [2.45, 2.75) is 24.8 Å². The van der Waals surface area contributed by atoms with Crippen LogP contribution in [0.1, 0.15) is 18.1 Å². The number of nitrogens with zero attached hydrogens (tertiary/aromatic N) is 1. The van der Waals surface area contributed by atoms with Crippen LogP contribution in [0.5, 0.6) is 0 Å². The molecule has 1 aromatic carbocycles. The van der Waals surface area contributed by atoms with Gasteiger partial charge in [0.15, 0.2) is 0 Å². The molecule has 0 aliphatic heterocycles. The molecule has 0 spiro atoms. The molecule has 5 nitrogen and oxygen atoms in total. The van der Waals surface area contributed by atoms with Gasteiger partial charge in [0, 0.05) is 12.6 Å². The second-order valence-corrected chi connectivity index (χ2v) is 5.53. The second-order valence-electron chi connectivity index (χ2n) is 3.85. The lowest BCUT2D eigenvalue weighted by molar-refractivity contribution is 0.562. The summed E-state index contributed by atoms with van der Waals surface area (Å²) in [5.41, 5.74) is 6.29. The van der Waals surface area contributed by atoms with Gasteiger partial charge in [0.05, 0.1) is 16.5 Å². The Morgan fingerprint density at radius 2 is 2.18 bits per heavy atom. The molecule has 17 heavy (non-hydrogen) atoms. The topological polar surface area (TPSA) is 96.0 Å². The molecule has 0 heterocycles. The molecule has 0 aliphatic carbocycles. The summed E-state index contributed by atoms with van der Waals surface area (Å²) in [5, 5.41) is 8.76. The first-order chi connectivity index (χ1) is 7.90. The fourth-order valence-electron chi connectivity index (χ4n) is 1.34. The Morgan fingerprint density at radius 1 is 1.53 bits per heavy atom. The van der Waals surface area contributed by atoms with Crippen LogP contribution in [0, 0.1) is 18.3 Å². The Labute approximate surface area is 101 Å². The molecule has 1 aromatic rings. The van der Waals surface area contributed by atoms with Gasteiger partial charge in [-0.25, -0.2) is 13.1 Å². The Kier molecular flexibility index (Phi) is 4.23. The molecule has 0 radical (unpaired) electrons. The zero-order chi connectivity index (χ0) is 13.1. The van der Waals surface area contributed by atoms with Crippen LogP contribution in [-0.4, -0.2) is 21.0 Å². The summed E-state index contributed by atoms with van der Waals surface area (Å²) in [5.74, 6) is 0. The van der Waals surface area contributed by atoms with Crippen molar-refractivity contribution >= 4 is 10.0 Å². The van der Waals surface area contributed by atoms with Crippen molar-refractivity contribution in [3.63, 3.8) is 0 Å². The molecular formula is C11H15N3O2S. The van der Waals surface area contributed by atoms with Gasteiger partial charge in [-0.2, -0.15) is 5.26 Å². The number of nitriles is 1. The highest BCUT2D eigenvalue weighted by Gasteiger charge is 2.19. The lowest BCUT2D eigenvalue weighted by Gasteiger charge is -2.13. The number of sulfonamides is 1. The van der Waals surface area contributed by atoms with Crippen molar-refractivity contribution in [3.05, 3.63) is 29.3 Å². The molecule has 3 N–H and O–H groups in total. The molecule has 0 saturated heterocycles. The minimum atomic E-state index is -3.62. The highest BCUT2D eigenvalue weighted by Crippen LogP contribution is 2.16. The minimum absolute atomic E-state index is 0.122. The van der Waals surface area contributed by atoms with Crippen LogP contribution in [-0.2, 0) is 10.0 Å². The van der Waals surface area contributed by atoms with E-state index in [1.54, 1.807) is 26.0 Å². The Hall–Kier alpha value is -1.42. The maximum atomic E-state index is 12.0. The van der Waals surface area contributed by atoms with Crippen LogP contribution in [0.2, 0.25) is 0 Å². The van der Waals surface area contributed by atoms with E-state index in [1.165, 1.54) is 6.07 Å². The second kappa shape index (κ2) is 5.27. The number of nitrogens with two attached hydrogens (primary N) is 1. The quantitative estimate of drug-likeness (QED) is 0.816. The Morgan fingerprint density at radius 3 is 2.71 bits per heavy atom. The SMILES string of the molecule is Cc1ccc(C#N)cc1S(=O)(=O)N[C@@H](C)CN. The third kappa shape index (κ3) is 3.27. The average molecular weight is 253 g/mol. The van der Waals surface area contributed by atoms with E-state index in [9.17, 15) is 8.42 Å². The summed E-state index contributed by atoms with van der Waals surface area (Å²) >= 11 is 0. The van der Waals surface area contributed by atoms with Crippen molar-refractivity contribution in [1.82, 2.24) is 4.72 Å². The van der Waals surface area contributed by atoms with Gasteiger partial charge in [0.1, 0.15) is 0 Å². The fraction of sp³-hybridized carbons (Fsp3) is 0.364. The molecule has 1 atom stereocenters. The zero-order valence-corrected chi connectivity index (χ0v) is 10.6. The molecular weight excluding hydrogens is 238 g/mol. The van der Waals surface area contributed by atoms with Gasteiger partial charge in [-0.05, 0) is 31.5 Å². The van der Waals surface area contributed by atoms with E-state index in [4.69, 9.17) is 11.0 Å². The van der Waals surface area contributed by atoms with E-state index in [2.05, 4.69) is 4.72 Å². The summed E-state index contributed by atoms with van der Waals surface area (Å²) in [4.78, 5) is 0.122. The van der Waals surface area contributed by atoms with Crippen LogP contribution in [0.3, 0.4) is 0 Å². The van der Waals surface area contributed by atoms with Crippen molar-refractivity contribution in [2.24, 2.45) is 5.73 Å². The van der Waals surface area contributed by atoms with Crippen molar-refractivity contribution < 1.29 is 8.42 Å². The predicted molar refractivity (Wildman–Crippen MR) is 64.7 cm³/mol. The summed E-state index contributed by atoms with van der Waals surface area (Å²) in [6.07, 6.45) is 0. The lowest BCUT2D eigenvalue weighted by atomic mass is 10.2. The van der Waals surface area contributed by atoms with Crippen molar-refractivity contribution in [2.75, 3.05) is 6.54 Å². The average Bonchev–Trinajstić information content (AvgIpc) is 2.28. The van der Waals surface area contributed by atoms with Crippen LogP contribution in [0.15, 0.2) is 23.1 Å². The van der Waals surface area contributed by atoms with Gasteiger partial charge < -0.3 is 5.73 Å². The van der Waals surface area contributed by atoms with Crippen LogP contribution in [0.25, 0.3) is 0 Å². The first kappa shape index (κ1) is 13.6. The van der Waals surface area contributed by atoms with Gasteiger partial charge in [0.2, 0.25) is 10.0 Å². The number of rotatable bonds is 4. The van der Waals surface area contributed by atoms with Crippen LogP contribution >= 0.6 is 0 Å². The maximum absolute atomic E-state index is 12.0. The largest absolute Gasteiger partial charge is 0.329 e. The minimum Gasteiger partial charge on any atom is -0.329 e.